The number of hydrogen-bond acceptors (Lipinski definition) is 3. The molecule has 3 aliphatic heterocycles. The lowest BCUT2D eigenvalue weighted by Gasteiger charge is -2.33. The number of rotatable bonds is 3. The summed E-state index contributed by atoms with van der Waals surface area (Å²) in [7, 11) is 0. The molecule has 1 spiro atoms. The summed E-state index contributed by atoms with van der Waals surface area (Å²) in [6, 6.07) is 20.8. The van der Waals surface area contributed by atoms with Gasteiger partial charge in [-0.15, -0.1) is 0 Å². The first-order chi connectivity index (χ1) is 14.3. The quantitative estimate of drug-likeness (QED) is 0.742. The van der Waals surface area contributed by atoms with E-state index >= 15 is 0 Å². The molecular formula is C24H24N4O. The van der Waals surface area contributed by atoms with Gasteiger partial charge in [-0.1, -0.05) is 48.5 Å². The summed E-state index contributed by atoms with van der Waals surface area (Å²) in [6.45, 7) is 1.79. The van der Waals surface area contributed by atoms with E-state index in [0.29, 0.717) is 11.8 Å². The molecule has 2 aromatic carbocycles. The van der Waals surface area contributed by atoms with Crippen LogP contribution in [0, 0.1) is 5.92 Å². The van der Waals surface area contributed by atoms with Crippen LogP contribution in [-0.2, 0) is 4.79 Å². The Kier molecular flexibility index (Phi) is 3.68. The predicted molar refractivity (Wildman–Crippen MR) is 112 cm³/mol. The van der Waals surface area contributed by atoms with Crippen LogP contribution in [0.1, 0.15) is 30.9 Å². The third-order valence-corrected chi connectivity index (χ3v) is 7.21. The number of aromatic amines is 1. The molecule has 146 valence electrons. The minimum absolute atomic E-state index is 0.248. The maximum atomic E-state index is 13.7. The van der Waals surface area contributed by atoms with E-state index in [1.165, 1.54) is 5.56 Å². The molecule has 0 bridgehead atoms. The second-order valence-corrected chi connectivity index (χ2v) is 8.49. The van der Waals surface area contributed by atoms with E-state index < -0.39 is 0 Å². The summed E-state index contributed by atoms with van der Waals surface area (Å²) in [5.41, 5.74) is 4.16. The molecule has 3 aliphatic rings. The molecule has 3 saturated heterocycles. The Morgan fingerprint density at radius 3 is 2.59 bits per heavy atom. The van der Waals surface area contributed by atoms with Crippen molar-refractivity contribution in [2.45, 2.75) is 30.8 Å². The molecule has 5 heteroatoms. The van der Waals surface area contributed by atoms with Gasteiger partial charge in [-0.2, -0.15) is 5.10 Å². The fourth-order valence-corrected chi connectivity index (χ4v) is 6.00. The number of anilines is 1. The van der Waals surface area contributed by atoms with E-state index in [0.717, 1.165) is 49.3 Å². The lowest BCUT2D eigenvalue weighted by molar-refractivity contribution is -0.126. The number of carbonyl (C=O) groups excluding carboxylic acids is 1. The first-order valence-corrected chi connectivity index (χ1v) is 10.5. The SMILES string of the molecule is O=C1N(c2ccccc2)C[C@@H]2C[C@@H](c3cn[nH]c3-c3ccccc3)N3CCC[C@@]123. The lowest BCUT2D eigenvalue weighted by Crippen LogP contribution is -2.49. The van der Waals surface area contributed by atoms with E-state index in [9.17, 15) is 4.79 Å². The maximum Gasteiger partial charge on any atom is 0.247 e. The standard InChI is InChI=1S/C24H24N4O/c29-23-24-12-7-13-28(24)21(14-18(24)16-27(23)19-10-5-2-6-11-19)20-15-25-26-22(20)17-8-3-1-4-9-17/h1-6,8-11,15,18,21H,7,12-14,16H2,(H,25,26)/t18-,21-,24-/m0/s1. The fourth-order valence-electron chi connectivity index (χ4n) is 6.00. The van der Waals surface area contributed by atoms with Gasteiger partial charge < -0.3 is 4.90 Å². The second-order valence-electron chi connectivity index (χ2n) is 8.49. The average molecular weight is 384 g/mol. The zero-order valence-corrected chi connectivity index (χ0v) is 16.3. The van der Waals surface area contributed by atoms with Crippen molar-refractivity contribution in [3.05, 3.63) is 72.4 Å². The van der Waals surface area contributed by atoms with E-state index in [1.54, 1.807) is 0 Å². The van der Waals surface area contributed by atoms with E-state index in [4.69, 9.17) is 0 Å². The topological polar surface area (TPSA) is 52.2 Å². The molecule has 4 heterocycles. The molecule has 3 aromatic rings. The molecule has 0 radical (unpaired) electrons. The molecule has 3 fully saturated rings. The molecular weight excluding hydrogens is 360 g/mol. The minimum atomic E-state index is -0.342. The molecule has 0 saturated carbocycles. The number of carbonyl (C=O) groups is 1. The molecule has 0 unspecified atom stereocenters. The van der Waals surface area contributed by atoms with Crippen molar-refractivity contribution in [3.8, 4) is 11.3 Å². The smallest absolute Gasteiger partial charge is 0.247 e. The molecule has 1 N–H and O–H groups in total. The number of para-hydroxylation sites is 1. The molecule has 29 heavy (non-hydrogen) atoms. The van der Waals surface area contributed by atoms with Crippen LogP contribution in [0.25, 0.3) is 11.3 Å². The number of hydrogen-bond donors (Lipinski definition) is 1. The zero-order chi connectivity index (χ0) is 19.4. The molecule has 3 atom stereocenters. The summed E-state index contributed by atoms with van der Waals surface area (Å²) in [4.78, 5) is 18.2. The third-order valence-electron chi connectivity index (χ3n) is 7.21. The predicted octanol–water partition coefficient (Wildman–Crippen LogP) is 4.02. The van der Waals surface area contributed by atoms with Crippen LogP contribution in [0.4, 0.5) is 5.69 Å². The highest BCUT2D eigenvalue weighted by Gasteiger charge is 2.65. The van der Waals surface area contributed by atoms with Gasteiger partial charge >= 0.3 is 0 Å². The first-order valence-electron chi connectivity index (χ1n) is 10.5. The van der Waals surface area contributed by atoms with E-state index in [-0.39, 0.29) is 11.6 Å². The Bertz CT molecular complexity index is 1050. The number of benzene rings is 2. The summed E-state index contributed by atoms with van der Waals surface area (Å²) in [5, 5.41) is 7.60. The van der Waals surface area contributed by atoms with Crippen molar-refractivity contribution >= 4 is 11.6 Å². The Hall–Kier alpha value is -2.92. The van der Waals surface area contributed by atoms with Crippen LogP contribution in [-0.4, -0.2) is 39.6 Å². The molecule has 1 aromatic heterocycles. The number of nitrogens with zero attached hydrogens (tertiary/aromatic N) is 3. The maximum absolute atomic E-state index is 13.7. The Balaban J connectivity index is 1.38. The zero-order valence-electron chi connectivity index (χ0n) is 16.3. The van der Waals surface area contributed by atoms with Crippen molar-refractivity contribution in [2.24, 2.45) is 5.92 Å². The van der Waals surface area contributed by atoms with Gasteiger partial charge in [0.15, 0.2) is 0 Å². The average Bonchev–Trinajstić information content (AvgIpc) is 3.52. The fraction of sp³-hybridized carbons (Fsp3) is 0.333. The van der Waals surface area contributed by atoms with Crippen molar-refractivity contribution in [1.82, 2.24) is 15.1 Å². The number of amides is 1. The Morgan fingerprint density at radius 2 is 1.79 bits per heavy atom. The van der Waals surface area contributed by atoms with Crippen molar-refractivity contribution in [3.63, 3.8) is 0 Å². The highest BCUT2D eigenvalue weighted by Crippen LogP contribution is 2.57. The van der Waals surface area contributed by atoms with E-state index in [2.05, 4.69) is 51.5 Å². The molecule has 1 amide bonds. The van der Waals surface area contributed by atoms with Gasteiger partial charge in [0, 0.05) is 29.8 Å². The number of H-pyrrole nitrogens is 1. The minimum Gasteiger partial charge on any atom is -0.310 e. The van der Waals surface area contributed by atoms with Crippen LogP contribution in [0.3, 0.4) is 0 Å². The molecule has 6 rings (SSSR count). The highest BCUT2D eigenvalue weighted by atomic mass is 16.2. The van der Waals surface area contributed by atoms with Gasteiger partial charge in [0.2, 0.25) is 5.91 Å². The number of nitrogens with one attached hydrogen (secondary N) is 1. The van der Waals surface area contributed by atoms with Crippen LogP contribution < -0.4 is 4.90 Å². The van der Waals surface area contributed by atoms with Gasteiger partial charge in [0.1, 0.15) is 5.54 Å². The Labute approximate surface area is 170 Å². The van der Waals surface area contributed by atoms with Crippen LogP contribution in [0.5, 0.6) is 0 Å². The largest absolute Gasteiger partial charge is 0.310 e. The number of aromatic nitrogens is 2. The van der Waals surface area contributed by atoms with Gasteiger partial charge in [-0.05, 0) is 43.5 Å². The second kappa shape index (κ2) is 6.29. The normalized spacial score (nSPS) is 28.7. The van der Waals surface area contributed by atoms with Crippen molar-refractivity contribution in [2.75, 3.05) is 18.0 Å². The van der Waals surface area contributed by atoms with Crippen molar-refractivity contribution in [1.29, 1.82) is 0 Å². The van der Waals surface area contributed by atoms with Gasteiger partial charge in [-0.25, -0.2) is 0 Å². The summed E-state index contributed by atoms with van der Waals surface area (Å²) >= 11 is 0. The molecule has 0 aliphatic carbocycles. The third kappa shape index (κ3) is 2.31. The van der Waals surface area contributed by atoms with Crippen molar-refractivity contribution < 1.29 is 4.79 Å². The van der Waals surface area contributed by atoms with Gasteiger partial charge in [0.05, 0.1) is 11.9 Å². The van der Waals surface area contributed by atoms with Gasteiger partial charge in [0.25, 0.3) is 0 Å². The highest BCUT2D eigenvalue weighted by molar-refractivity contribution is 6.03. The van der Waals surface area contributed by atoms with Crippen LogP contribution >= 0.6 is 0 Å². The summed E-state index contributed by atoms with van der Waals surface area (Å²) in [5.74, 6) is 0.652. The van der Waals surface area contributed by atoms with Crippen LogP contribution in [0.2, 0.25) is 0 Å². The van der Waals surface area contributed by atoms with Gasteiger partial charge in [-0.3, -0.25) is 14.8 Å². The van der Waals surface area contributed by atoms with E-state index in [1.807, 2.05) is 35.4 Å². The summed E-state index contributed by atoms with van der Waals surface area (Å²) < 4.78 is 0. The summed E-state index contributed by atoms with van der Waals surface area (Å²) in [6.07, 6.45) is 5.03. The molecule has 5 nitrogen and oxygen atoms in total. The monoisotopic (exact) mass is 384 g/mol. The first kappa shape index (κ1) is 17.0. The lowest BCUT2D eigenvalue weighted by atomic mass is 9.85. The van der Waals surface area contributed by atoms with Crippen LogP contribution in [0.15, 0.2) is 66.9 Å². The Morgan fingerprint density at radius 1 is 1.03 bits per heavy atom.